The first-order valence-electron chi connectivity index (χ1n) is 11.2. The van der Waals surface area contributed by atoms with Crippen molar-refractivity contribution in [2.24, 2.45) is 10.9 Å². The second-order valence-corrected chi connectivity index (χ2v) is 8.89. The summed E-state index contributed by atoms with van der Waals surface area (Å²) in [4.78, 5) is 10.1. The van der Waals surface area contributed by atoms with Crippen LogP contribution in [0, 0.1) is 11.7 Å². The van der Waals surface area contributed by atoms with Gasteiger partial charge in [-0.25, -0.2) is 4.39 Å². The Balaban J connectivity index is 1.38. The molecular formula is C23H35FN4. The molecule has 0 radical (unpaired) electrons. The maximum absolute atomic E-state index is 14.3. The van der Waals surface area contributed by atoms with Gasteiger partial charge in [-0.2, -0.15) is 0 Å². The third-order valence-corrected chi connectivity index (χ3v) is 6.72. The van der Waals surface area contributed by atoms with E-state index in [4.69, 9.17) is 4.99 Å². The lowest BCUT2D eigenvalue weighted by atomic mass is 9.95. The van der Waals surface area contributed by atoms with Gasteiger partial charge in [0.15, 0.2) is 5.96 Å². The molecule has 1 saturated carbocycles. The second kappa shape index (κ2) is 8.81. The van der Waals surface area contributed by atoms with Gasteiger partial charge in [0.2, 0.25) is 0 Å². The van der Waals surface area contributed by atoms with Gasteiger partial charge in [0.25, 0.3) is 0 Å². The van der Waals surface area contributed by atoms with Crippen molar-refractivity contribution in [2.45, 2.75) is 50.9 Å². The summed E-state index contributed by atoms with van der Waals surface area (Å²) in [6.45, 7) is 9.63. The first-order chi connectivity index (χ1) is 13.7. The Morgan fingerprint density at radius 2 is 1.96 bits per heavy atom. The van der Waals surface area contributed by atoms with Crippen LogP contribution in [0.25, 0.3) is 0 Å². The molecule has 1 atom stereocenters. The highest BCUT2D eigenvalue weighted by Crippen LogP contribution is 2.49. The molecular weight excluding hydrogens is 351 g/mol. The molecule has 1 unspecified atom stereocenters. The smallest absolute Gasteiger partial charge is 0.193 e. The molecule has 2 aliphatic heterocycles. The highest BCUT2D eigenvalue weighted by Gasteiger charge is 2.46. The first-order valence-corrected chi connectivity index (χ1v) is 11.2. The van der Waals surface area contributed by atoms with E-state index in [1.165, 1.54) is 45.3 Å². The standard InChI is InChI=1S/C23H35FN4/c1-2-25-22(26-18-23(11-12-23)20-8-4-5-9-21(20)24)28-15-10-19(17-28)16-27-13-6-3-7-14-27/h4-5,8-9,19H,2-3,6-7,10-18H2,1H3,(H,25,26). The Kier molecular flexibility index (Phi) is 6.19. The van der Waals surface area contributed by atoms with E-state index in [0.29, 0.717) is 6.54 Å². The van der Waals surface area contributed by atoms with Crippen LogP contribution in [0.1, 0.15) is 51.0 Å². The molecule has 2 saturated heterocycles. The fourth-order valence-corrected chi connectivity index (χ4v) is 4.89. The van der Waals surface area contributed by atoms with Gasteiger partial charge in [-0.05, 0) is 69.7 Å². The Bertz CT molecular complexity index is 679. The summed E-state index contributed by atoms with van der Waals surface area (Å²) in [6.07, 6.45) is 7.44. The largest absolute Gasteiger partial charge is 0.357 e. The SMILES string of the molecule is CCNC(=NCC1(c2ccccc2F)CC1)N1CCC(CN2CCCCC2)C1. The minimum absolute atomic E-state index is 0.0806. The third-order valence-electron chi connectivity index (χ3n) is 6.72. The number of likely N-dealkylation sites (tertiary alicyclic amines) is 2. The van der Waals surface area contributed by atoms with Gasteiger partial charge in [-0.15, -0.1) is 0 Å². The molecule has 3 aliphatic rings. The fourth-order valence-electron chi connectivity index (χ4n) is 4.89. The topological polar surface area (TPSA) is 30.9 Å². The van der Waals surface area contributed by atoms with Crippen molar-refractivity contribution < 1.29 is 4.39 Å². The van der Waals surface area contributed by atoms with Crippen LogP contribution in [-0.4, -0.2) is 61.6 Å². The molecule has 0 amide bonds. The van der Waals surface area contributed by atoms with Crippen molar-refractivity contribution in [1.82, 2.24) is 15.1 Å². The van der Waals surface area contributed by atoms with Gasteiger partial charge < -0.3 is 15.1 Å². The van der Waals surface area contributed by atoms with E-state index in [2.05, 4.69) is 22.0 Å². The summed E-state index contributed by atoms with van der Waals surface area (Å²) < 4.78 is 14.3. The molecule has 1 aromatic carbocycles. The number of piperidine rings is 1. The second-order valence-electron chi connectivity index (χ2n) is 8.89. The number of guanidine groups is 1. The van der Waals surface area contributed by atoms with Crippen LogP contribution in [0.5, 0.6) is 0 Å². The number of nitrogens with one attached hydrogen (secondary N) is 1. The number of rotatable bonds is 6. The summed E-state index contributed by atoms with van der Waals surface area (Å²) in [7, 11) is 0. The number of halogens is 1. The Labute approximate surface area is 169 Å². The van der Waals surface area contributed by atoms with Crippen LogP contribution in [0.3, 0.4) is 0 Å². The molecule has 1 aliphatic carbocycles. The molecule has 0 aromatic heterocycles. The number of hydrogen-bond donors (Lipinski definition) is 1. The molecule has 0 spiro atoms. The van der Waals surface area contributed by atoms with E-state index in [9.17, 15) is 4.39 Å². The van der Waals surface area contributed by atoms with Crippen molar-refractivity contribution in [2.75, 3.05) is 45.8 Å². The van der Waals surface area contributed by atoms with Crippen molar-refractivity contribution in [3.8, 4) is 0 Å². The lowest BCUT2D eigenvalue weighted by Crippen LogP contribution is -2.41. The minimum Gasteiger partial charge on any atom is -0.357 e. The number of nitrogens with zero attached hydrogens (tertiary/aromatic N) is 3. The maximum Gasteiger partial charge on any atom is 0.193 e. The molecule has 154 valence electrons. The molecule has 28 heavy (non-hydrogen) atoms. The van der Waals surface area contributed by atoms with Gasteiger partial charge in [0.05, 0.1) is 6.54 Å². The normalized spacial score (nSPS) is 25.1. The third kappa shape index (κ3) is 4.51. The zero-order valence-electron chi connectivity index (χ0n) is 17.3. The number of benzene rings is 1. The molecule has 1 aromatic rings. The van der Waals surface area contributed by atoms with Crippen molar-refractivity contribution in [3.05, 3.63) is 35.6 Å². The van der Waals surface area contributed by atoms with Gasteiger partial charge in [0, 0.05) is 31.6 Å². The van der Waals surface area contributed by atoms with Crippen LogP contribution in [-0.2, 0) is 5.41 Å². The highest BCUT2D eigenvalue weighted by atomic mass is 19.1. The summed E-state index contributed by atoms with van der Waals surface area (Å²) >= 11 is 0. The van der Waals surface area contributed by atoms with Gasteiger partial charge >= 0.3 is 0 Å². The molecule has 5 heteroatoms. The number of aliphatic imine (C=N–C) groups is 1. The number of hydrogen-bond acceptors (Lipinski definition) is 2. The Morgan fingerprint density at radius 3 is 2.68 bits per heavy atom. The average molecular weight is 387 g/mol. The zero-order chi connectivity index (χ0) is 19.4. The van der Waals surface area contributed by atoms with Gasteiger partial charge in [-0.3, -0.25) is 4.99 Å². The van der Waals surface area contributed by atoms with Crippen LogP contribution in [0.15, 0.2) is 29.3 Å². The summed E-state index contributed by atoms with van der Waals surface area (Å²) in [5.41, 5.74) is 0.762. The van der Waals surface area contributed by atoms with Crippen molar-refractivity contribution in [1.29, 1.82) is 0 Å². The zero-order valence-corrected chi connectivity index (χ0v) is 17.3. The van der Waals surface area contributed by atoms with Crippen LogP contribution >= 0.6 is 0 Å². The van der Waals surface area contributed by atoms with Gasteiger partial charge in [-0.1, -0.05) is 24.6 Å². The Morgan fingerprint density at radius 1 is 1.18 bits per heavy atom. The minimum atomic E-state index is -0.0844. The first kappa shape index (κ1) is 19.7. The lowest BCUT2D eigenvalue weighted by molar-refractivity contribution is 0.198. The highest BCUT2D eigenvalue weighted by molar-refractivity contribution is 5.80. The van der Waals surface area contributed by atoms with E-state index in [1.54, 1.807) is 12.1 Å². The molecule has 3 fully saturated rings. The van der Waals surface area contributed by atoms with E-state index in [-0.39, 0.29) is 11.2 Å². The predicted molar refractivity (Wildman–Crippen MR) is 113 cm³/mol. The predicted octanol–water partition coefficient (Wildman–Crippen LogP) is 3.63. The van der Waals surface area contributed by atoms with Crippen molar-refractivity contribution in [3.63, 3.8) is 0 Å². The van der Waals surface area contributed by atoms with E-state index >= 15 is 0 Å². The quantitative estimate of drug-likeness (QED) is 0.598. The fraction of sp³-hybridized carbons (Fsp3) is 0.696. The van der Waals surface area contributed by atoms with E-state index < -0.39 is 0 Å². The molecule has 0 bridgehead atoms. The van der Waals surface area contributed by atoms with Crippen molar-refractivity contribution >= 4 is 5.96 Å². The van der Waals surface area contributed by atoms with E-state index in [0.717, 1.165) is 49.9 Å². The summed E-state index contributed by atoms with van der Waals surface area (Å²) in [5.74, 6) is 1.68. The summed E-state index contributed by atoms with van der Waals surface area (Å²) in [5, 5.41) is 3.48. The Hall–Kier alpha value is -1.62. The molecule has 4 rings (SSSR count). The summed E-state index contributed by atoms with van der Waals surface area (Å²) in [6, 6.07) is 7.24. The average Bonchev–Trinajstić information content (AvgIpc) is 3.36. The van der Waals surface area contributed by atoms with Crippen LogP contribution in [0.2, 0.25) is 0 Å². The monoisotopic (exact) mass is 386 g/mol. The lowest BCUT2D eigenvalue weighted by Gasteiger charge is -2.29. The molecule has 2 heterocycles. The van der Waals surface area contributed by atoms with Crippen LogP contribution in [0.4, 0.5) is 4.39 Å². The van der Waals surface area contributed by atoms with Crippen LogP contribution < -0.4 is 5.32 Å². The van der Waals surface area contributed by atoms with Gasteiger partial charge in [0.1, 0.15) is 5.82 Å². The maximum atomic E-state index is 14.3. The molecule has 4 nitrogen and oxygen atoms in total. The van der Waals surface area contributed by atoms with E-state index in [1.807, 2.05) is 12.1 Å². The molecule has 1 N–H and O–H groups in total.